The van der Waals surface area contributed by atoms with Crippen molar-refractivity contribution >= 4 is 46.6 Å². The maximum atomic E-state index is 13.2. The number of nitrogens with two attached hydrogens (primary N) is 2. The molecule has 0 aromatic heterocycles. The Morgan fingerprint density at radius 3 is 1.31 bits per heavy atom. The van der Waals surface area contributed by atoms with E-state index in [4.69, 9.17) is 11.5 Å². The van der Waals surface area contributed by atoms with E-state index in [2.05, 4.69) is 21.3 Å². The largest absolute Gasteiger partial charge is 0.346 e. The maximum absolute atomic E-state index is 13.2. The van der Waals surface area contributed by atoms with E-state index in [0.29, 0.717) is 12.8 Å². The molecule has 0 unspecified atom stereocenters. The lowest BCUT2D eigenvalue weighted by Gasteiger charge is -2.19. The molecule has 2 aromatic carbocycles. The molecule has 0 spiro atoms. The number of fused-ring (bicyclic) bond motifs is 2. The second kappa shape index (κ2) is 14.0. The lowest BCUT2D eigenvalue weighted by atomic mass is 9.83. The van der Waals surface area contributed by atoms with Crippen molar-refractivity contribution in [3.8, 4) is 0 Å². The Bertz CT molecular complexity index is 1300. The van der Waals surface area contributed by atoms with Gasteiger partial charge in [-0.3, -0.25) is 28.8 Å². The van der Waals surface area contributed by atoms with Crippen LogP contribution in [0.25, 0.3) is 0 Å². The minimum atomic E-state index is -0.724. The number of ketones is 2. The van der Waals surface area contributed by atoms with Crippen LogP contribution in [0.15, 0.2) is 36.4 Å². The van der Waals surface area contributed by atoms with E-state index in [9.17, 15) is 28.8 Å². The minimum absolute atomic E-state index is 0.116. The van der Waals surface area contributed by atoms with Crippen LogP contribution >= 0.6 is 0 Å². The quantitative estimate of drug-likeness (QED) is 0.185. The van der Waals surface area contributed by atoms with Gasteiger partial charge in [-0.1, -0.05) is 27.7 Å². The molecule has 12 nitrogen and oxygen atoms in total. The number of carbonyl (C=O) groups excluding carboxylic acids is 6. The summed E-state index contributed by atoms with van der Waals surface area (Å²) in [4.78, 5) is 75.4. The zero-order chi connectivity index (χ0) is 31.1. The van der Waals surface area contributed by atoms with Crippen LogP contribution < -0.4 is 32.7 Å². The predicted molar refractivity (Wildman–Crippen MR) is 158 cm³/mol. The molecule has 0 saturated carbocycles. The third kappa shape index (κ3) is 8.30. The van der Waals surface area contributed by atoms with Crippen molar-refractivity contribution in [1.29, 1.82) is 0 Å². The second-order valence-corrected chi connectivity index (χ2v) is 11.2. The van der Waals surface area contributed by atoms with Gasteiger partial charge >= 0.3 is 0 Å². The fourth-order valence-electron chi connectivity index (χ4n) is 4.54. The number of carbonyl (C=O) groups is 6. The molecule has 0 aliphatic heterocycles. The van der Waals surface area contributed by atoms with Crippen LogP contribution in [0.3, 0.4) is 0 Å². The molecule has 0 bridgehead atoms. The molecule has 1 aliphatic rings. The van der Waals surface area contributed by atoms with E-state index in [1.165, 1.54) is 36.4 Å². The Morgan fingerprint density at radius 1 is 0.619 bits per heavy atom. The van der Waals surface area contributed by atoms with Gasteiger partial charge in [-0.25, -0.2) is 0 Å². The van der Waals surface area contributed by atoms with E-state index in [1.54, 1.807) is 0 Å². The fourth-order valence-corrected chi connectivity index (χ4v) is 4.54. The highest BCUT2D eigenvalue weighted by molar-refractivity contribution is 6.29. The molecule has 8 N–H and O–H groups in total. The monoisotopic (exact) mass is 578 g/mol. The normalized spacial score (nSPS) is 13.6. The van der Waals surface area contributed by atoms with Gasteiger partial charge in [0.2, 0.25) is 23.6 Å². The molecule has 3 rings (SSSR count). The number of hydrogen-bond donors (Lipinski definition) is 6. The topological polar surface area (TPSA) is 203 Å². The van der Waals surface area contributed by atoms with E-state index in [0.717, 1.165) is 0 Å². The molecule has 0 heterocycles. The lowest BCUT2D eigenvalue weighted by molar-refractivity contribution is -0.125. The van der Waals surface area contributed by atoms with Crippen molar-refractivity contribution < 1.29 is 28.8 Å². The number of anilines is 2. The lowest BCUT2D eigenvalue weighted by Crippen LogP contribution is -2.44. The van der Waals surface area contributed by atoms with Gasteiger partial charge in [0.05, 0.1) is 25.2 Å². The van der Waals surface area contributed by atoms with E-state index in [1.807, 2.05) is 27.7 Å². The standard InChI is InChI=1S/C30H38N6O6/c1-15(2)9-23(31)29(41)33-13-25(37)35-17-5-7-19-21(11-17)27(39)20-8-6-18(12-22(20)28(19)40)36-26(38)14-34-30(42)24(32)10-16(3)4/h5-8,11-12,15-16,23-24H,9-10,13-14,31-32H2,1-4H3,(H,33,41)(H,34,42)(H,35,37)(H,36,38)/t23-,24-/m0/s1. The van der Waals surface area contributed by atoms with E-state index < -0.39 is 47.3 Å². The van der Waals surface area contributed by atoms with E-state index >= 15 is 0 Å². The number of hydrogen-bond acceptors (Lipinski definition) is 8. The molecule has 0 fully saturated rings. The summed E-state index contributed by atoms with van der Waals surface area (Å²) in [6.07, 6.45) is 0.964. The summed E-state index contributed by atoms with van der Waals surface area (Å²) >= 11 is 0. The average molecular weight is 579 g/mol. The Balaban J connectivity index is 1.63. The van der Waals surface area contributed by atoms with Crippen LogP contribution in [0.5, 0.6) is 0 Å². The number of amides is 4. The van der Waals surface area contributed by atoms with Crippen LogP contribution in [-0.4, -0.2) is 60.4 Å². The summed E-state index contributed by atoms with van der Waals surface area (Å²) in [5, 5.41) is 10.2. The first-order valence-electron chi connectivity index (χ1n) is 13.8. The molecule has 2 aromatic rings. The smallest absolute Gasteiger partial charge is 0.243 e. The van der Waals surface area contributed by atoms with Gasteiger partial charge in [0.25, 0.3) is 0 Å². The van der Waals surface area contributed by atoms with Crippen molar-refractivity contribution in [3.05, 3.63) is 58.7 Å². The molecule has 0 radical (unpaired) electrons. The van der Waals surface area contributed by atoms with Crippen molar-refractivity contribution in [3.63, 3.8) is 0 Å². The second-order valence-electron chi connectivity index (χ2n) is 11.2. The van der Waals surface area contributed by atoms with Crippen LogP contribution in [0.1, 0.15) is 72.4 Å². The summed E-state index contributed by atoms with van der Waals surface area (Å²) in [7, 11) is 0. The first-order chi connectivity index (χ1) is 19.8. The van der Waals surface area contributed by atoms with Crippen molar-refractivity contribution in [2.24, 2.45) is 23.3 Å². The first-order valence-corrected chi connectivity index (χ1v) is 13.8. The van der Waals surface area contributed by atoms with Crippen LogP contribution in [0, 0.1) is 11.8 Å². The van der Waals surface area contributed by atoms with Crippen molar-refractivity contribution in [2.45, 2.75) is 52.6 Å². The third-order valence-corrected chi connectivity index (χ3v) is 6.56. The molecule has 224 valence electrons. The van der Waals surface area contributed by atoms with Crippen LogP contribution in [0.2, 0.25) is 0 Å². The van der Waals surface area contributed by atoms with Crippen LogP contribution in [0.4, 0.5) is 11.4 Å². The SMILES string of the molecule is CC(C)C[C@H](N)C(=O)NCC(=O)Nc1ccc2c(c1)C(=O)c1ccc(NC(=O)CNC(=O)[C@@H](N)CC(C)C)cc1C2=O. The number of rotatable bonds is 12. The Morgan fingerprint density at radius 2 is 0.976 bits per heavy atom. The molecule has 42 heavy (non-hydrogen) atoms. The van der Waals surface area contributed by atoms with Gasteiger partial charge in [0.15, 0.2) is 11.6 Å². The van der Waals surface area contributed by atoms with Gasteiger partial charge in [0, 0.05) is 33.6 Å². The fraction of sp³-hybridized carbons (Fsp3) is 0.400. The highest BCUT2D eigenvalue weighted by atomic mass is 16.2. The number of benzene rings is 2. The van der Waals surface area contributed by atoms with Crippen molar-refractivity contribution in [1.82, 2.24) is 10.6 Å². The summed E-state index contributed by atoms with van der Waals surface area (Å²) in [6.45, 7) is 7.14. The Hall–Kier alpha value is -4.42. The predicted octanol–water partition coefficient (Wildman–Crippen LogP) is 1.32. The average Bonchev–Trinajstić information content (AvgIpc) is 2.92. The summed E-state index contributed by atoms with van der Waals surface area (Å²) in [6, 6.07) is 7.21. The highest BCUT2D eigenvalue weighted by Gasteiger charge is 2.30. The van der Waals surface area contributed by atoms with Crippen LogP contribution in [-0.2, 0) is 19.2 Å². The van der Waals surface area contributed by atoms with E-state index in [-0.39, 0.29) is 58.6 Å². The highest BCUT2D eigenvalue weighted by Crippen LogP contribution is 2.31. The summed E-state index contributed by atoms with van der Waals surface area (Å²) in [5.74, 6) is -2.31. The molecule has 2 atom stereocenters. The number of nitrogens with one attached hydrogen (secondary N) is 4. The van der Waals surface area contributed by atoms with Crippen molar-refractivity contribution in [2.75, 3.05) is 23.7 Å². The minimum Gasteiger partial charge on any atom is -0.346 e. The Labute approximate surface area is 244 Å². The molecule has 1 aliphatic carbocycles. The summed E-state index contributed by atoms with van der Waals surface area (Å²) < 4.78 is 0. The summed E-state index contributed by atoms with van der Waals surface area (Å²) in [5.41, 5.74) is 12.7. The zero-order valence-electron chi connectivity index (χ0n) is 24.2. The molecular formula is C30H38N6O6. The van der Waals surface area contributed by atoms with Gasteiger partial charge in [-0.05, 0) is 61.1 Å². The van der Waals surface area contributed by atoms with Gasteiger partial charge in [-0.2, -0.15) is 0 Å². The molecular weight excluding hydrogens is 540 g/mol. The third-order valence-electron chi connectivity index (χ3n) is 6.56. The van der Waals surface area contributed by atoms with Gasteiger partial charge in [0.1, 0.15) is 0 Å². The van der Waals surface area contributed by atoms with Gasteiger partial charge < -0.3 is 32.7 Å². The van der Waals surface area contributed by atoms with Gasteiger partial charge in [-0.15, -0.1) is 0 Å². The Kier molecular flexibility index (Phi) is 10.7. The molecule has 4 amide bonds. The molecule has 12 heteroatoms. The zero-order valence-corrected chi connectivity index (χ0v) is 24.2. The first kappa shape index (κ1) is 32.1. The maximum Gasteiger partial charge on any atom is 0.243 e. The molecule has 0 saturated heterocycles.